The molecule has 0 amide bonds. The second-order valence-electron chi connectivity index (χ2n) is 4.21. The number of carbonyl (C=O) groups excluding carboxylic acids is 1. The van der Waals surface area contributed by atoms with Crippen LogP contribution in [-0.2, 0) is 9.47 Å². The van der Waals surface area contributed by atoms with E-state index in [4.69, 9.17) is 9.47 Å². The Morgan fingerprint density at radius 3 is 3.16 bits per heavy atom. The largest absolute Gasteiger partial charge is 0.462 e. The Kier molecular flexibility index (Phi) is 4.51. The minimum Gasteiger partial charge on any atom is -0.462 e. The highest BCUT2D eigenvalue weighted by Gasteiger charge is 2.16. The summed E-state index contributed by atoms with van der Waals surface area (Å²) in [5.74, 6) is -0.338. The Morgan fingerprint density at radius 1 is 1.68 bits per heavy atom. The van der Waals surface area contributed by atoms with Crippen molar-refractivity contribution in [1.82, 2.24) is 9.97 Å². The summed E-state index contributed by atoms with van der Waals surface area (Å²) in [5.41, 5.74) is -0.604. The van der Waals surface area contributed by atoms with E-state index in [1.807, 2.05) is 0 Å². The molecule has 0 radical (unpaired) electrons. The maximum absolute atomic E-state index is 11.7. The molecule has 1 aliphatic heterocycles. The van der Waals surface area contributed by atoms with Gasteiger partial charge in [0.2, 0.25) is 5.95 Å². The van der Waals surface area contributed by atoms with Crippen molar-refractivity contribution in [2.24, 2.45) is 0 Å². The van der Waals surface area contributed by atoms with Crippen molar-refractivity contribution in [2.75, 3.05) is 25.1 Å². The molecule has 7 heteroatoms. The molecule has 1 saturated heterocycles. The first kappa shape index (κ1) is 13.5. The maximum Gasteiger partial charge on any atom is 0.345 e. The first-order chi connectivity index (χ1) is 9.20. The van der Waals surface area contributed by atoms with Crippen LogP contribution in [0.2, 0.25) is 0 Å². The molecule has 1 aliphatic rings. The van der Waals surface area contributed by atoms with Crippen molar-refractivity contribution in [2.45, 2.75) is 25.9 Å². The minimum absolute atomic E-state index is 0.0930. The van der Waals surface area contributed by atoms with Crippen molar-refractivity contribution in [3.63, 3.8) is 0 Å². The summed E-state index contributed by atoms with van der Waals surface area (Å²) >= 11 is 0. The fourth-order valence-corrected chi connectivity index (χ4v) is 1.85. The Labute approximate surface area is 110 Å². The molecule has 1 aromatic heterocycles. The number of nitrogens with zero attached hydrogens (tertiary/aromatic N) is 1. The van der Waals surface area contributed by atoms with E-state index in [-0.39, 0.29) is 18.3 Å². The molecule has 0 unspecified atom stereocenters. The molecule has 0 aliphatic carbocycles. The molecule has 104 valence electrons. The molecular weight excluding hydrogens is 250 g/mol. The second kappa shape index (κ2) is 6.33. The molecule has 1 atom stereocenters. The van der Waals surface area contributed by atoms with Crippen molar-refractivity contribution in [3.05, 3.63) is 22.1 Å². The zero-order valence-electron chi connectivity index (χ0n) is 10.8. The van der Waals surface area contributed by atoms with Gasteiger partial charge in [-0.25, -0.2) is 9.78 Å². The lowest BCUT2D eigenvalue weighted by Gasteiger charge is -2.10. The number of anilines is 1. The number of carbonyl (C=O) groups is 1. The lowest BCUT2D eigenvalue weighted by atomic mass is 10.2. The van der Waals surface area contributed by atoms with Crippen molar-refractivity contribution < 1.29 is 14.3 Å². The van der Waals surface area contributed by atoms with E-state index in [0.29, 0.717) is 12.5 Å². The van der Waals surface area contributed by atoms with E-state index in [9.17, 15) is 9.59 Å². The minimum atomic E-state index is -0.665. The standard InChI is InChI=1S/C12H17N3O4/c1-2-18-11(17)9-7-14-12(15-10(9)16)13-6-8-4-3-5-19-8/h7-8H,2-6H2,1H3,(H2,13,14,15,16)/t8-/m1/s1. The summed E-state index contributed by atoms with van der Waals surface area (Å²) in [6, 6.07) is 0. The first-order valence-electron chi connectivity index (χ1n) is 6.32. The lowest BCUT2D eigenvalue weighted by Crippen LogP contribution is -2.24. The van der Waals surface area contributed by atoms with Crippen LogP contribution in [0.25, 0.3) is 0 Å². The van der Waals surface area contributed by atoms with Crippen molar-refractivity contribution in [1.29, 1.82) is 0 Å². The Bertz CT molecular complexity index is 494. The number of hydrogen-bond donors (Lipinski definition) is 2. The van der Waals surface area contributed by atoms with E-state index in [1.54, 1.807) is 6.92 Å². The number of rotatable bonds is 5. The SMILES string of the molecule is CCOC(=O)c1cnc(NC[C@H]2CCCO2)[nH]c1=O. The zero-order valence-corrected chi connectivity index (χ0v) is 10.8. The van der Waals surface area contributed by atoms with Gasteiger partial charge in [0.05, 0.1) is 18.9 Å². The molecule has 2 rings (SSSR count). The smallest absolute Gasteiger partial charge is 0.345 e. The summed E-state index contributed by atoms with van der Waals surface area (Å²) in [4.78, 5) is 29.6. The molecule has 0 aromatic carbocycles. The van der Waals surface area contributed by atoms with E-state index < -0.39 is 11.5 Å². The van der Waals surface area contributed by atoms with Gasteiger partial charge in [-0.2, -0.15) is 0 Å². The number of aromatic nitrogens is 2. The summed E-state index contributed by atoms with van der Waals surface area (Å²) < 4.78 is 10.2. The third-order valence-corrected chi connectivity index (χ3v) is 2.82. The van der Waals surface area contributed by atoms with E-state index in [1.165, 1.54) is 6.20 Å². The Hall–Kier alpha value is -1.89. The van der Waals surface area contributed by atoms with Crippen LogP contribution in [0.15, 0.2) is 11.0 Å². The van der Waals surface area contributed by atoms with Gasteiger partial charge in [-0.1, -0.05) is 0 Å². The van der Waals surface area contributed by atoms with Crippen molar-refractivity contribution in [3.8, 4) is 0 Å². The van der Waals surface area contributed by atoms with Crippen LogP contribution in [-0.4, -0.2) is 41.8 Å². The molecule has 19 heavy (non-hydrogen) atoms. The van der Waals surface area contributed by atoms with E-state index in [0.717, 1.165) is 19.4 Å². The van der Waals surface area contributed by atoms with Gasteiger partial charge in [0.1, 0.15) is 5.56 Å². The second-order valence-corrected chi connectivity index (χ2v) is 4.21. The molecule has 2 heterocycles. The third-order valence-electron chi connectivity index (χ3n) is 2.82. The first-order valence-corrected chi connectivity index (χ1v) is 6.32. The van der Waals surface area contributed by atoms with Crippen LogP contribution in [0.5, 0.6) is 0 Å². The highest BCUT2D eigenvalue weighted by molar-refractivity contribution is 5.88. The predicted molar refractivity (Wildman–Crippen MR) is 68.3 cm³/mol. The number of aromatic amines is 1. The highest BCUT2D eigenvalue weighted by Crippen LogP contribution is 2.11. The van der Waals surface area contributed by atoms with Crippen LogP contribution in [0.4, 0.5) is 5.95 Å². The molecule has 0 saturated carbocycles. The quantitative estimate of drug-likeness (QED) is 0.756. The van der Waals surface area contributed by atoms with Gasteiger partial charge in [-0.05, 0) is 19.8 Å². The van der Waals surface area contributed by atoms with Gasteiger partial charge in [-0.3, -0.25) is 9.78 Å². The Balaban J connectivity index is 1.97. The highest BCUT2D eigenvalue weighted by atomic mass is 16.5. The molecule has 7 nitrogen and oxygen atoms in total. The molecule has 1 fully saturated rings. The van der Waals surface area contributed by atoms with E-state index >= 15 is 0 Å². The van der Waals surface area contributed by atoms with Crippen LogP contribution in [0, 0.1) is 0 Å². The van der Waals surface area contributed by atoms with E-state index in [2.05, 4.69) is 15.3 Å². The van der Waals surface area contributed by atoms with Crippen LogP contribution in [0.1, 0.15) is 30.1 Å². The van der Waals surface area contributed by atoms with Crippen LogP contribution < -0.4 is 10.9 Å². The average Bonchev–Trinajstić information content (AvgIpc) is 2.89. The van der Waals surface area contributed by atoms with Gasteiger partial charge < -0.3 is 14.8 Å². The zero-order chi connectivity index (χ0) is 13.7. The van der Waals surface area contributed by atoms with Gasteiger partial charge in [0, 0.05) is 13.2 Å². The number of esters is 1. The summed E-state index contributed by atoms with van der Waals surface area (Å²) in [5, 5.41) is 2.98. The topological polar surface area (TPSA) is 93.3 Å². The monoisotopic (exact) mass is 267 g/mol. The summed E-state index contributed by atoms with van der Waals surface area (Å²) in [6.07, 6.45) is 3.42. The number of H-pyrrole nitrogens is 1. The van der Waals surface area contributed by atoms with Gasteiger partial charge in [-0.15, -0.1) is 0 Å². The van der Waals surface area contributed by atoms with Crippen LogP contribution >= 0.6 is 0 Å². The molecule has 0 spiro atoms. The predicted octanol–water partition coefficient (Wildman–Crippen LogP) is 0.537. The fraction of sp³-hybridized carbons (Fsp3) is 0.583. The lowest BCUT2D eigenvalue weighted by molar-refractivity contribution is 0.0523. The Morgan fingerprint density at radius 2 is 2.53 bits per heavy atom. The molecule has 1 aromatic rings. The number of nitrogens with one attached hydrogen (secondary N) is 2. The molecule has 0 bridgehead atoms. The average molecular weight is 267 g/mol. The molecule has 2 N–H and O–H groups in total. The van der Waals surface area contributed by atoms with Gasteiger partial charge in [0.25, 0.3) is 5.56 Å². The van der Waals surface area contributed by atoms with Crippen LogP contribution in [0.3, 0.4) is 0 Å². The van der Waals surface area contributed by atoms with Crippen molar-refractivity contribution >= 4 is 11.9 Å². The molecular formula is C12H17N3O4. The maximum atomic E-state index is 11.7. The van der Waals surface area contributed by atoms with Gasteiger partial charge in [0.15, 0.2) is 0 Å². The normalized spacial score (nSPS) is 18.3. The third kappa shape index (κ3) is 3.54. The number of hydrogen-bond acceptors (Lipinski definition) is 6. The summed E-state index contributed by atoms with van der Waals surface area (Å²) in [6.45, 7) is 3.26. The van der Waals surface area contributed by atoms with Gasteiger partial charge >= 0.3 is 5.97 Å². The fourth-order valence-electron chi connectivity index (χ4n) is 1.85. The number of ether oxygens (including phenoxy) is 2. The summed E-state index contributed by atoms with van der Waals surface area (Å²) in [7, 11) is 0.